The maximum Gasteiger partial charge on any atom is 0.258 e. The monoisotopic (exact) mass is 321 g/mol. The molecule has 0 saturated heterocycles. The van der Waals surface area contributed by atoms with Gasteiger partial charge in [-0.15, -0.1) is 0 Å². The molecule has 3 aromatic rings. The second-order valence-corrected chi connectivity index (χ2v) is 5.75. The molecule has 0 spiro atoms. The summed E-state index contributed by atoms with van der Waals surface area (Å²) in [5.74, 6) is 0.579. The number of aromatic amines is 1. The average molecular weight is 321 g/mol. The van der Waals surface area contributed by atoms with E-state index in [4.69, 9.17) is 0 Å². The van der Waals surface area contributed by atoms with Crippen molar-refractivity contribution in [1.29, 1.82) is 0 Å². The maximum absolute atomic E-state index is 12.0. The quantitative estimate of drug-likeness (QED) is 0.758. The van der Waals surface area contributed by atoms with Gasteiger partial charge in [-0.1, -0.05) is 30.3 Å². The fourth-order valence-electron chi connectivity index (χ4n) is 2.60. The van der Waals surface area contributed by atoms with Crippen molar-refractivity contribution in [2.75, 3.05) is 5.32 Å². The summed E-state index contributed by atoms with van der Waals surface area (Å²) in [6.07, 6.45) is 1.56. The number of benzene rings is 2. The second-order valence-electron chi connectivity index (χ2n) is 5.75. The number of H-pyrrole nitrogens is 1. The highest BCUT2D eigenvalue weighted by atomic mass is 16.1. The summed E-state index contributed by atoms with van der Waals surface area (Å²) < 4.78 is 0. The van der Waals surface area contributed by atoms with E-state index < -0.39 is 0 Å². The lowest BCUT2D eigenvalue weighted by atomic mass is 10.1. The minimum absolute atomic E-state index is 0.0348. The number of para-hydroxylation sites is 2. The van der Waals surface area contributed by atoms with E-state index in [1.807, 2.05) is 49.4 Å². The van der Waals surface area contributed by atoms with Crippen molar-refractivity contribution in [2.45, 2.75) is 26.2 Å². The number of amides is 1. The zero-order valence-corrected chi connectivity index (χ0v) is 13.5. The van der Waals surface area contributed by atoms with Gasteiger partial charge >= 0.3 is 0 Å². The lowest BCUT2D eigenvalue weighted by Gasteiger charge is -2.08. The predicted octanol–water partition coefficient (Wildman–Crippen LogP) is 3.19. The second kappa shape index (κ2) is 7.08. The number of hydrogen-bond acceptors (Lipinski definition) is 3. The van der Waals surface area contributed by atoms with Crippen molar-refractivity contribution >= 4 is 22.5 Å². The molecule has 24 heavy (non-hydrogen) atoms. The molecule has 1 amide bonds. The fourth-order valence-corrected chi connectivity index (χ4v) is 2.60. The van der Waals surface area contributed by atoms with Crippen LogP contribution in [0.4, 0.5) is 5.69 Å². The molecule has 0 bridgehead atoms. The Labute approximate surface area is 139 Å². The van der Waals surface area contributed by atoms with Gasteiger partial charge in [0, 0.05) is 18.5 Å². The van der Waals surface area contributed by atoms with Crippen LogP contribution in [0.1, 0.15) is 24.2 Å². The Balaban J connectivity index is 1.59. The maximum atomic E-state index is 12.0. The van der Waals surface area contributed by atoms with Crippen molar-refractivity contribution in [1.82, 2.24) is 9.97 Å². The number of nitrogens with zero attached hydrogens (tertiary/aromatic N) is 1. The Morgan fingerprint density at radius 3 is 2.71 bits per heavy atom. The summed E-state index contributed by atoms with van der Waals surface area (Å²) in [5.41, 5.74) is 2.41. The van der Waals surface area contributed by atoms with Gasteiger partial charge < -0.3 is 10.3 Å². The molecular formula is C19H19N3O2. The summed E-state index contributed by atoms with van der Waals surface area (Å²) in [5, 5.41) is 3.49. The summed E-state index contributed by atoms with van der Waals surface area (Å²) in [6, 6.07) is 14.9. The van der Waals surface area contributed by atoms with E-state index in [2.05, 4.69) is 15.3 Å². The van der Waals surface area contributed by atoms with Gasteiger partial charge in [0.15, 0.2) is 0 Å². The number of aryl methyl sites for hydroxylation is 2. The van der Waals surface area contributed by atoms with Gasteiger partial charge in [0.25, 0.3) is 5.56 Å². The molecule has 0 atom stereocenters. The largest absolute Gasteiger partial charge is 0.326 e. The van der Waals surface area contributed by atoms with Crippen molar-refractivity contribution < 1.29 is 4.79 Å². The van der Waals surface area contributed by atoms with Gasteiger partial charge in [0.1, 0.15) is 5.82 Å². The third-order valence-electron chi connectivity index (χ3n) is 3.90. The smallest absolute Gasteiger partial charge is 0.258 e. The van der Waals surface area contributed by atoms with Crippen LogP contribution in [0.15, 0.2) is 53.3 Å². The molecule has 0 aliphatic heterocycles. The van der Waals surface area contributed by atoms with E-state index in [-0.39, 0.29) is 11.5 Å². The molecule has 2 aromatic carbocycles. The van der Waals surface area contributed by atoms with E-state index >= 15 is 0 Å². The van der Waals surface area contributed by atoms with Gasteiger partial charge in [-0.2, -0.15) is 0 Å². The molecule has 0 aliphatic carbocycles. The van der Waals surface area contributed by atoms with Gasteiger partial charge in [0.05, 0.1) is 10.9 Å². The van der Waals surface area contributed by atoms with Crippen LogP contribution in [-0.4, -0.2) is 15.9 Å². The Morgan fingerprint density at radius 2 is 1.88 bits per heavy atom. The zero-order valence-electron chi connectivity index (χ0n) is 13.5. The van der Waals surface area contributed by atoms with Gasteiger partial charge in [-0.25, -0.2) is 4.98 Å². The van der Waals surface area contributed by atoms with Crippen LogP contribution in [-0.2, 0) is 11.2 Å². The first-order valence-corrected chi connectivity index (χ1v) is 7.97. The first-order chi connectivity index (χ1) is 11.6. The van der Waals surface area contributed by atoms with Crippen LogP contribution >= 0.6 is 0 Å². The molecular weight excluding hydrogens is 302 g/mol. The molecule has 1 aromatic heterocycles. The van der Waals surface area contributed by atoms with Crippen LogP contribution in [0.3, 0.4) is 0 Å². The highest BCUT2D eigenvalue weighted by Gasteiger charge is 2.07. The number of nitrogens with one attached hydrogen (secondary N) is 2. The summed E-state index contributed by atoms with van der Waals surface area (Å²) >= 11 is 0. The number of aromatic nitrogens is 2. The first kappa shape index (κ1) is 15.9. The summed E-state index contributed by atoms with van der Waals surface area (Å²) in [6.45, 7) is 1.96. The lowest BCUT2D eigenvalue weighted by Crippen LogP contribution is -2.14. The zero-order chi connectivity index (χ0) is 16.9. The van der Waals surface area contributed by atoms with Crippen LogP contribution in [0.2, 0.25) is 0 Å². The van der Waals surface area contributed by atoms with Crippen molar-refractivity contribution in [2.24, 2.45) is 0 Å². The first-order valence-electron chi connectivity index (χ1n) is 7.97. The Kier molecular flexibility index (Phi) is 4.70. The third-order valence-corrected chi connectivity index (χ3v) is 3.90. The molecule has 0 fully saturated rings. The Bertz CT molecular complexity index is 931. The number of carbonyl (C=O) groups excluding carboxylic acids is 1. The number of anilines is 1. The number of carbonyl (C=O) groups is 1. The summed E-state index contributed by atoms with van der Waals surface area (Å²) in [7, 11) is 0. The normalized spacial score (nSPS) is 10.7. The SMILES string of the molecule is Cc1ccccc1NC(=O)CCCc1nc2ccccc2c(=O)[nH]1. The standard InChI is InChI=1S/C19H19N3O2/c1-13-7-2-4-9-15(13)21-18(23)12-6-11-17-20-16-10-5-3-8-14(16)19(24)22-17/h2-5,7-10H,6,11-12H2,1H3,(H,21,23)(H,20,22,24). The van der Waals surface area contributed by atoms with Crippen LogP contribution in [0.25, 0.3) is 10.9 Å². The molecule has 0 radical (unpaired) electrons. The molecule has 1 heterocycles. The fraction of sp³-hybridized carbons (Fsp3) is 0.211. The molecule has 0 aliphatic rings. The molecule has 0 unspecified atom stereocenters. The van der Waals surface area contributed by atoms with Crippen molar-refractivity contribution in [3.63, 3.8) is 0 Å². The van der Waals surface area contributed by atoms with Gasteiger partial charge in [-0.05, 0) is 37.1 Å². The molecule has 0 saturated carbocycles. The molecule has 5 nitrogen and oxygen atoms in total. The van der Waals surface area contributed by atoms with Crippen molar-refractivity contribution in [3.05, 3.63) is 70.3 Å². The predicted molar refractivity (Wildman–Crippen MR) is 95.1 cm³/mol. The van der Waals surface area contributed by atoms with Crippen LogP contribution in [0, 0.1) is 6.92 Å². The number of rotatable bonds is 5. The summed E-state index contributed by atoms with van der Waals surface area (Å²) in [4.78, 5) is 31.3. The van der Waals surface area contributed by atoms with Gasteiger partial charge in [0.2, 0.25) is 5.91 Å². The minimum atomic E-state index is -0.139. The number of hydrogen-bond donors (Lipinski definition) is 2. The van der Waals surface area contributed by atoms with Crippen LogP contribution < -0.4 is 10.9 Å². The van der Waals surface area contributed by atoms with E-state index in [9.17, 15) is 9.59 Å². The van der Waals surface area contributed by atoms with E-state index in [1.54, 1.807) is 6.07 Å². The topological polar surface area (TPSA) is 74.8 Å². The van der Waals surface area contributed by atoms with Crippen molar-refractivity contribution in [3.8, 4) is 0 Å². The number of fused-ring (bicyclic) bond motifs is 1. The third kappa shape index (κ3) is 3.68. The highest BCUT2D eigenvalue weighted by Crippen LogP contribution is 2.14. The molecule has 122 valence electrons. The van der Waals surface area contributed by atoms with Gasteiger partial charge in [-0.3, -0.25) is 9.59 Å². The van der Waals surface area contributed by atoms with Crippen LogP contribution in [0.5, 0.6) is 0 Å². The molecule has 3 rings (SSSR count). The Morgan fingerprint density at radius 1 is 1.12 bits per heavy atom. The van der Waals surface area contributed by atoms with E-state index in [0.717, 1.165) is 11.3 Å². The van der Waals surface area contributed by atoms with E-state index in [1.165, 1.54) is 0 Å². The average Bonchev–Trinajstić information content (AvgIpc) is 2.57. The van der Waals surface area contributed by atoms with E-state index in [0.29, 0.717) is 36.0 Å². The Hall–Kier alpha value is -2.95. The highest BCUT2D eigenvalue weighted by molar-refractivity contribution is 5.91. The molecule has 5 heteroatoms. The molecule has 2 N–H and O–H groups in total. The minimum Gasteiger partial charge on any atom is -0.326 e. The lowest BCUT2D eigenvalue weighted by molar-refractivity contribution is -0.116.